The van der Waals surface area contributed by atoms with Crippen LogP contribution in [0.2, 0.25) is 0 Å². The van der Waals surface area contributed by atoms with Crippen molar-refractivity contribution in [1.29, 1.82) is 0 Å². The number of fused-ring (bicyclic) bond motifs is 1. The Morgan fingerprint density at radius 1 is 0.546 bits per heavy atom. The Morgan fingerprint density at radius 2 is 1.04 bits per heavy atom. The van der Waals surface area contributed by atoms with Gasteiger partial charge in [-0.25, -0.2) is 4.79 Å². The maximum atomic E-state index is 14.9. The highest BCUT2D eigenvalue weighted by Gasteiger charge is 2.42. The third kappa shape index (κ3) is 32.8. The lowest BCUT2D eigenvalue weighted by Crippen LogP contribution is -2.61. The number of aliphatic hydroxyl groups is 1. The molecule has 0 saturated carbocycles. The van der Waals surface area contributed by atoms with E-state index in [9.17, 15) is 82.4 Å². The van der Waals surface area contributed by atoms with E-state index in [2.05, 4.69) is 73.8 Å². The van der Waals surface area contributed by atoms with E-state index < -0.39 is 180 Å². The van der Waals surface area contributed by atoms with E-state index in [0.717, 1.165) is 21.6 Å². The zero-order chi connectivity index (χ0) is 80.0. The smallest absolute Gasteiger partial charge is 0.326 e. The van der Waals surface area contributed by atoms with E-state index >= 15 is 0 Å². The topological polar surface area (TPSA) is 628 Å². The number of hydrogen-bond acceptors (Lipinski definition) is 22. The van der Waals surface area contributed by atoms with Gasteiger partial charge >= 0.3 is 11.9 Å². The molecule has 3 fully saturated rings. The Morgan fingerprint density at radius 3 is 1.58 bits per heavy atom. The Bertz CT molecular complexity index is 3240. The molecule has 0 aromatic heterocycles. The molecule has 3 aliphatic rings. The first kappa shape index (κ1) is 91.3. The highest BCUT2D eigenvalue weighted by atomic mass is 33.1. The van der Waals surface area contributed by atoms with Gasteiger partial charge in [0.1, 0.15) is 72.5 Å². The van der Waals surface area contributed by atoms with Crippen LogP contribution in [0, 0.1) is 11.8 Å². The molecule has 27 N–H and O–H groups in total. The summed E-state index contributed by atoms with van der Waals surface area (Å²) >= 11 is 0. The highest BCUT2D eigenvalue weighted by molar-refractivity contribution is 8.76. The molecule has 3 saturated heterocycles. The van der Waals surface area contributed by atoms with Gasteiger partial charge in [0, 0.05) is 37.6 Å². The SMILES string of the molecule is CC(C)C[C@@H]1NC(=O)[C@H](CCCN=C(N)N)NC(=O)[C@@H](NC(=O)[C@@H]2CCCN2)CSSC[C@@H](C(=O)N[C@@H](CCCCN)C(=O)O)NC(=O)[C@H](Cc2ccccc2)NC(=O)[C@H](CO)NC(=O)[C@H](CC(=O)O)NC(=O)[C@@H]2CCCN2C(=O)[C@H](CC(C)C)NC(=O)[C@H](CCCCN)NC(=O)[C@H](CCCN=C(N)N)NC1=O. The van der Waals surface area contributed by atoms with Gasteiger partial charge in [-0.2, -0.15) is 0 Å². The molecule has 604 valence electrons. The minimum Gasteiger partial charge on any atom is -0.481 e. The van der Waals surface area contributed by atoms with Gasteiger partial charge in [-0.3, -0.25) is 72.3 Å². The predicted octanol–water partition coefficient (Wildman–Crippen LogP) is -5.29. The van der Waals surface area contributed by atoms with Crippen molar-refractivity contribution in [2.75, 3.05) is 57.4 Å². The van der Waals surface area contributed by atoms with Gasteiger partial charge in [0.2, 0.25) is 70.9 Å². The van der Waals surface area contributed by atoms with Gasteiger partial charge in [-0.1, -0.05) is 79.6 Å². The van der Waals surface area contributed by atoms with Crippen LogP contribution in [-0.2, 0) is 73.5 Å². The fourth-order valence-electron chi connectivity index (χ4n) is 12.1. The van der Waals surface area contributed by atoms with Gasteiger partial charge in [0.05, 0.1) is 19.1 Å². The number of carbonyl (C=O) groups excluding carboxylic acids is 12. The summed E-state index contributed by atoms with van der Waals surface area (Å²) < 4.78 is 0. The number of carboxylic acids is 2. The first-order valence-electron chi connectivity index (χ1n) is 36.6. The molecular formula is C68H113N21O17S2. The summed E-state index contributed by atoms with van der Waals surface area (Å²) in [5.74, 6) is -16.2. The quantitative estimate of drug-likeness (QED) is 0.0148. The number of carboxylic acid groups (broad SMARTS) is 2. The van der Waals surface area contributed by atoms with Crippen LogP contribution in [0.15, 0.2) is 40.3 Å². The van der Waals surface area contributed by atoms with Crippen molar-refractivity contribution >= 4 is 116 Å². The summed E-state index contributed by atoms with van der Waals surface area (Å²) in [6.07, 6.45) is 0.837. The number of nitrogens with zero attached hydrogens (tertiary/aromatic N) is 3. The number of benzene rings is 1. The van der Waals surface area contributed by atoms with Gasteiger partial charge in [-0.15, -0.1) is 0 Å². The molecule has 40 heteroatoms. The summed E-state index contributed by atoms with van der Waals surface area (Å²) in [7, 11) is 1.80. The summed E-state index contributed by atoms with van der Waals surface area (Å²) in [6, 6.07) is -11.3. The number of rotatable bonds is 30. The second kappa shape index (κ2) is 48.3. The summed E-state index contributed by atoms with van der Waals surface area (Å²) in [4.78, 5) is 209. The highest BCUT2D eigenvalue weighted by Crippen LogP contribution is 2.25. The third-order valence-electron chi connectivity index (χ3n) is 17.7. The normalized spacial score (nSPS) is 25.0. The molecule has 0 unspecified atom stereocenters. The van der Waals surface area contributed by atoms with Crippen LogP contribution in [0.5, 0.6) is 0 Å². The number of unbranched alkanes of at least 4 members (excludes halogenated alkanes) is 2. The molecule has 0 spiro atoms. The van der Waals surface area contributed by atoms with Crippen LogP contribution in [0.25, 0.3) is 0 Å². The minimum atomic E-state index is -1.97. The first-order chi connectivity index (χ1) is 51.3. The molecule has 12 amide bonds. The summed E-state index contributed by atoms with van der Waals surface area (Å²) in [5, 5.41) is 62.7. The molecular weight excluding hydrogens is 1450 g/mol. The number of nitrogens with one attached hydrogen (secondary N) is 12. The second-order valence-electron chi connectivity index (χ2n) is 27.6. The van der Waals surface area contributed by atoms with E-state index in [1.807, 2.05) is 0 Å². The number of amides is 12. The standard InChI is InChI=1S/C68H113N21O17S2/c1-37(2)30-45-58(97)79-42(21-13-27-76-67(71)72)55(94)78-41(18-8-10-24-69)57(96)85-48(31-38(3)4)65(104)89-29-15-23-52(89)64(103)84-47(33-53(91)92)60(99)86-49(34-90)61(100)83-46(32-39-16-6-5-7-17-39)59(98)88-51(63(102)81-44(66(105)106)19-9-11-25-70)36-108-107-35-50(87-54(93)40-20-12-26-75-40)62(101)80-43(56(95)82-45)22-14-28-77-68(73)74/h5-7,16-17,37-38,40-52,75,90H,8-15,18-36,69-70H2,1-4H3,(H,78,94)(H,79,97)(H,80,101)(H,81,102)(H,82,95)(H,83,100)(H,84,103)(H,85,96)(H,86,99)(H,87,93)(H,88,98)(H,91,92)(H,105,106)(H4,71,72,76)(H4,73,74,77)/t40-,41-,42-,43-,44-,45-,46-,47-,48-,49-,50-,51-,52-/m0/s1. The lowest BCUT2D eigenvalue weighted by atomic mass is 10.00. The molecule has 13 atom stereocenters. The molecule has 1 aromatic rings. The van der Waals surface area contributed by atoms with E-state index in [0.29, 0.717) is 37.8 Å². The number of aliphatic hydroxyl groups excluding tert-OH is 1. The Labute approximate surface area is 636 Å². The van der Waals surface area contributed by atoms with Crippen LogP contribution in [-0.4, -0.2) is 251 Å². The maximum absolute atomic E-state index is 14.9. The fourth-order valence-corrected chi connectivity index (χ4v) is 14.4. The van der Waals surface area contributed by atoms with Gasteiger partial charge < -0.3 is 118 Å². The monoisotopic (exact) mass is 1560 g/mol. The van der Waals surface area contributed by atoms with E-state index in [-0.39, 0.29) is 146 Å². The molecule has 0 bridgehead atoms. The number of guanidine groups is 2. The average molecular weight is 1560 g/mol. The molecule has 3 aliphatic heterocycles. The maximum Gasteiger partial charge on any atom is 0.326 e. The molecule has 1 aromatic carbocycles. The van der Waals surface area contributed by atoms with Crippen LogP contribution >= 0.6 is 21.6 Å². The summed E-state index contributed by atoms with van der Waals surface area (Å²) in [5.41, 5.74) is 34.5. The Kier molecular flexibility index (Phi) is 40.8. The summed E-state index contributed by atoms with van der Waals surface area (Å²) in [6.45, 7) is 6.66. The van der Waals surface area contributed by atoms with Crippen LogP contribution < -0.4 is 98.2 Å². The fraction of sp³-hybridized carbons (Fsp3) is 0.676. The van der Waals surface area contributed by atoms with E-state index in [4.69, 9.17) is 34.4 Å². The number of aliphatic carboxylic acids is 2. The Hall–Kier alpha value is -9.12. The minimum absolute atomic E-state index is 0.00496. The van der Waals surface area contributed by atoms with Crippen molar-refractivity contribution in [2.45, 2.75) is 222 Å². The van der Waals surface area contributed by atoms with Gasteiger partial charge in [0.15, 0.2) is 11.9 Å². The largest absolute Gasteiger partial charge is 0.481 e. The average Bonchev–Trinajstić information content (AvgIpc) is 1.62. The number of aliphatic imine (C=N–C) groups is 2. The lowest BCUT2D eigenvalue weighted by molar-refractivity contribution is -0.144. The number of carbonyl (C=O) groups is 14. The molecule has 4 rings (SSSR count). The van der Waals surface area contributed by atoms with E-state index in [1.54, 1.807) is 58.0 Å². The van der Waals surface area contributed by atoms with Crippen molar-refractivity contribution in [3.8, 4) is 0 Å². The van der Waals surface area contributed by atoms with Crippen molar-refractivity contribution in [2.24, 2.45) is 56.2 Å². The van der Waals surface area contributed by atoms with Crippen LogP contribution in [0.1, 0.15) is 142 Å². The van der Waals surface area contributed by atoms with Gasteiger partial charge in [-0.05, 0) is 140 Å². The Balaban J connectivity index is 1.94. The van der Waals surface area contributed by atoms with Crippen molar-refractivity contribution < 1.29 is 82.4 Å². The predicted molar refractivity (Wildman–Crippen MR) is 404 cm³/mol. The molecule has 38 nitrogen and oxygen atoms in total. The van der Waals surface area contributed by atoms with Crippen LogP contribution in [0.4, 0.5) is 0 Å². The molecule has 0 radical (unpaired) electrons. The third-order valence-corrected chi connectivity index (χ3v) is 20.2. The lowest BCUT2D eigenvalue weighted by Gasteiger charge is -2.31. The second-order valence-corrected chi connectivity index (χ2v) is 30.2. The zero-order valence-corrected chi connectivity index (χ0v) is 63.5. The van der Waals surface area contributed by atoms with Crippen molar-refractivity contribution in [1.82, 2.24) is 68.7 Å². The van der Waals surface area contributed by atoms with Gasteiger partial charge in [0.25, 0.3) is 0 Å². The number of hydrogen-bond donors (Lipinski definition) is 21. The first-order valence-corrected chi connectivity index (χ1v) is 39.1. The number of nitrogens with two attached hydrogens (primary N) is 6. The van der Waals surface area contributed by atoms with Crippen molar-refractivity contribution in [3.63, 3.8) is 0 Å². The van der Waals surface area contributed by atoms with E-state index in [1.165, 1.54) is 4.90 Å². The van der Waals surface area contributed by atoms with Crippen LogP contribution in [0.3, 0.4) is 0 Å². The molecule has 3 heterocycles. The van der Waals surface area contributed by atoms with Crippen molar-refractivity contribution in [3.05, 3.63) is 35.9 Å². The molecule has 108 heavy (non-hydrogen) atoms. The molecule has 0 aliphatic carbocycles. The zero-order valence-electron chi connectivity index (χ0n) is 61.8.